The maximum Gasteiger partial charge on any atom is 0.323 e. The van der Waals surface area contributed by atoms with Gasteiger partial charge in [0.25, 0.3) is 0 Å². The molecule has 0 aliphatic rings. The molecule has 0 aromatic carbocycles. The summed E-state index contributed by atoms with van der Waals surface area (Å²) in [7, 11) is 0. The standard InChI is InChI=1S/C10H15N7OS/c1-6(2)18-10-15-8(14-9(16-10)17-11)12-3-7-4-19-5-13-7/h4-6H,3,11H2,1-2H3,(H2,12,14,15,16,17). The molecule has 102 valence electrons. The maximum absolute atomic E-state index is 5.42. The zero-order chi connectivity index (χ0) is 13.7. The summed E-state index contributed by atoms with van der Waals surface area (Å²) in [6, 6.07) is 0.221. The van der Waals surface area contributed by atoms with Crippen molar-refractivity contribution in [2.24, 2.45) is 5.84 Å². The van der Waals surface area contributed by atoms with Crippen molar-refractivity contribution in [2.45, 2.75) is 26.5 Å². The Balaban J connectivity index is 2.09. The molecule has 8 nitrogen and oxygen atoms in total. The smallest absolute Gasteiger partial charge is 0.323 e. The molecule has 0 bridgehead atoms. The van der Waals surface area contributed by atoms with Crippen molar-refractivity contribution in [1.82, 2.24) is 19.9 Å². The van der Waals surface area contributed by atoms with Crippen molar-refractivity contribution in [3.63, 3.8) is 0 Å². The number of nitrogen functional groups attached to an aromatic ring is 1. The first-order valence-corrected chi connectivity index (χ1v) is 6.62. The summed E-state index contributed by atoms with van der Waals surface area (Å²) >= 11 is 1.53. The zero-order valence-electron chi connectivity index (χ0n) is 10.6. The van der Waals surface area contributed by atoms with E-state index >= 15 is 0 Å². The molecule has 0 atom stereocenters. The van der Waals surface area contributed by atoms with Crippen LogP contribution in [0.5, 0.6) is 6.01 Å². The quantitative estimate of drug-likeness (QED) is 0.531. The SMILES string of the molecule is CC(C)Oc1nc(NN)nc(NCc2cscn2)n1. The predicted octanol–water partition coefficient (Wildman–Crippen LogP) is 1.01. The average molecular weight is 281 g/mol. The van der Waals surface area contributed by atoms with Crippen LogP contribution in [-0.4, -0.2) is 26.0 Å². The largest absolute Gasteiger partial charge is 0.461 e. The Morgan fingerprint density at radius 3 is 2.74 bits per heavy atom. The molecule has 0 amide bonds. The lowest BCUT2D eigenvalue weighted by Gasteiger charge is -2.10. The number of hydrogen-bond donors (Lipinski definition) is 3. The van der Waals surface area contributed by atoms with E-state index < -0.39 is 0 Å². The third-order valence-electron chi connectivity index (χ3n) is 2.00. The number of thiazole rings is 1. The van der Waals surface area contributed by atoms with Crippen LogP contribution >= 0.6 is 11.3 Å². The van der Waals surface area contributed by atoms with E-state index in [-0.39, 0.29) is 18.1 Å². The van der Waals surface area contributed by atoms with Crippen molar-refractivity contribution in [3.8, 4) is 6.01 Å². The molecule has 0 aliphatic heterocycles. The minimum absolute atomic E-state index is 0.0283. The fraction of sp³-hybridized carbons (Fsp3) is 0.400. The fourth-order valence-electron chi connectivity index (χ4n) is 1.26. The molecule has 0 saturated carbocycles. The molecule has 19 heavy (non-hydrogen) atoms. The van der Waals surface area contributed by atoms with E-state index in [0.717, 1.165) is 5.69 Å². The van der Waals surface area contributed by atoms with Gasteiger partial charge in [0.2, 0.25) is 11.9 Å². The second kappa shape index (κ2) is 6.25. The molecule has 2 aromatic heterocycles. The van der Waals surface area contributed by atoms with Gasteiger partial charge in [-0.05, 0) is 13.8 Å². The number of nitrogens with one attached hydrogen (secondary N) is 2. The lowest BCUT2D eigenvalue weighted by molar-refractivity contribution is 0.222. The Morgan fingerprint density at radius 1 is 1.32 bits per heavy atom. The van der Waals surface area contributed by atoms with Crippen molar-refractivity contribution >= 4 is 23.2 Å². The molecule has 2 rings (SSSR count). The summed E-state index contributed by atoms with van der Waals surface area (Å²) in [4.78, 5) is 16.4. The van der Waals surface area contributed by atoms with Crippen molar-refractivity contribution in [1.29, 1.82) is 0 Å². The van der Waals surface area contributed by atoms with Gasteiger partial charge in [-0.3, -0.25) is 5.43 Å². The number of hydrazine groups is 1. The summed E-state index contributed by atoms with van der Waals surface area (Å²) < 4.78 is 5.42. The third kappa shape index (κ3) is 4.00. The molecule has 2 heterocycles. The molecule has 0 aliphatic carbocycles. The van der Waals surface area contributed by atoms with Gasteiger partial charge in [-0.2, -0.15) is 15.0 Å². The lowest BCUT2D eigenvalue weighted by atomic mass is 10.5. The number of aromatic nitrogens is 4. The van der Waals surface area contributed by atoms with Crippen LogP contribution in [0.2, 0.25) is 0 Å². The first-order chi connectivity index (χ1) is 9.17. The zero-order valence-corrected chi connectivity index (χ0v) is 11.4. The number of rotatable bonds is 6. The van der Waals surface area contributed by atoms with E-state index in [0.29, 0.717) is 12.5 Å². The number of nitrogens with two attached hydrogens (primary N) is 1. The Morgan fingerprint density at radius 2 is 2.11 bits per heavy atom. The van der Waals surface area contributed by atoms with Crippen LogP contribution in [0.1, 0.15) is 19.5 Å². The topological polar surface area (TPSA) is 111 Å². The van der Waals surface area contributed by atoms with Crippen molar-refractivity contribution in [3.05, 3.63) is 16.6 Å². The average Bonchev–Trinajstić information content (AvgIpc) is 2.88. The van der Waals surface area contributed by atoms with Gasteiger partial charge in [0.15, 0.2) is 0 Å². The normalized spacial score (nSPS) is 10.5. The summed E-state index contributed by atoms with van der Waals surface area (Å²) in [6.07, 6.45) is -0.0283. The summed E-state index contributed by atoms with van der Waals surface area (Å²) in [5.74, 6) is 5.94. The highest BCUT2D eigenvalue weighted by Gasteiger charge is 2.08. The van der Waals surface area contributed by atoms with Crippen LogP contribution in [0.4, 0.5) is 11.9 Å². The van der Waals surface area contributed by atoms with E-state index in [1.807, 2.05) is 19.2 Å². The Labute approximate surface area is 114 Å². The van der Waals surface area contributed by atoms with Crippen LogP contribution in [0.15, 0.2) is 10.9 Å². The van der Waals surface area contributed by atoms with E-state index in [2.05, 4.69) is 30.7 Å². The number of anilines is 2. The first-order valence-electron chi connectivity index (χ1n) is 5.67. The van der Waals surface area contributed by atoms with Gasteiger partial charge in [0, 0.05) is 5.38 Å². The van der Waals surface area contributed by atoms with Gasteiger partial charge in [-0.25, -0.2) is 10.8 Å². The molecule has 0 fully saturated rings. The minimum Gasteiger partial charge on any atom is -0.461 e. The minimum atomic E-state index is -0.0283. The van der Waals surface area contributed by atoms with Gasteiger partial charge in [-0.15, -0.1) is 11.3 Å². The summed E-state index contributed by atoms with van der Waals surface area (Å²) in [5, 5.41) is 4.99. The number of ether oxygens (including phenoxy) is 1. The van der Waals surface area contributed by atoms with Crippen molar-refractivity contribution in [2.75, 3.05) is 10.7 Å². The number of hydrogen-bond acceptors (Lipinski definition) is 9. The first kappa shape index (κ1) is 13.4. The van der Waals surface area contributed by atoms with Crippen LogP contribution in [0, 0.1) is 0 Å². The van der Waals surface area contributed by atoms with E-state index in [1.54, 1.807) is 5.51 Å². The van der Waals surface area contributed by atoms with E-state index in [9.17, 15) is 0 Å². The molecule has 4 N–H and O–H groups in total. The van der Waals surface area contributed by atoms with Gasteiger partial charge in [-0.1, -0.05) is 0 Å². The second-order valence-corrected chi connectivity index (χ2v) is 4.63. The molecule has 0 spiro atoms. The Kier molecular flexibility index (Phi) is 4.42. The van der Waals surface area contributed by atoms with Crippen LogP contribution in [0.25, 0.3) is 0 Å². The van der Waals surface area contributed by atoms with Gasteiger partial charge >= 0.3 is 6.01 Å². The molecule has 2 aromatic rings. The number of nitrogens with zero attached hydrogens (tertiary/aromatic N) is 4. The van der Waals surface area contributed by atoms with E-state index in [1.165, 1.54) is 11.3 Å². The summed E-state index contributed by atoms with van der Waals surface area (Å²) in [6.45, 7) is 4.31. The van der Waals surface area contributed by atoms with Crippen LogP contribution < -0.4 is 21.3 Å². The van der Waals surface area contributed by atoms with Crippen LogP contribution in [-0.2, 0) is 6.54 Å². The Hall–Kier alpha value is -2.00. The maximum atomic E-state index is 5.42. The molecular formula is C10H15N7OS. The molecule has 9 heteroatoms. The third-order valence-corrected chi connectivity index (χ3v) is 2.63. The predicted molar refractivity (Wildman–Crippen MR) is 72.8 cm³/mol. The van der Waals surface area contributed by atoms with Crippen LogP contribution in [0.3, 0.4) is 0 Å². The highest BCUT2D eigenvalue weighted by Crippen LogP contribution is 2.12. The highest BCUT2D eigenvalue weighted by atomic mass is 32.1. The molecular weight excluding hydrogens is 266 g/mol. The highest BCUT2D eigenvalue weighted by molar-refractivity contribution is 7.07. The fourth-order valence-corrected chi connectivity index (χ4v) is 1.82. The summed E-state index contributed by atoms with van der Waals surface area (Å²) in [5.41, 5.74) is 5.06. The molecule has 0 unspecified atom stereocenters. The van der Waals surface area contributed by atoms with Gasteiger partial charge in [0.1, 0.15) is 0 Å². The van der Waals surface area contributed by atoms with Gasteiger partial charge < -0.3 is 10.1 Å². The van der Waals surface area contributed by atoms with Gasteiger partial charge in [0.05, 0.1) is 23.9 Å². The molecule has 0 radical (unpaired) electrons. The van der Waals surface area contributed by atoms with Crippen molar-refractivity contribution < 1.29 is 4.74 Å². The molecule has 0 saturated heterocycles. The van der Waals surface area contributed by atoms with E-state index in [4.69, 9.17) is 10.6 Å². The second-order valence-electron chi connectivity index (χ2n) is 3.91. The Bertz CT molecular complexity index is 517. The lowest BCUT2D eigenvalue weighted by Crippen LogP contribution is -2.16. The monoisotopic (exact) mass is 281 g/mol.